The number of nitrogens with zero attached hydrogens (tertiary/aromatic N) is 1. The SMILES string of the molecule is CC(C)(C)OC(=O)NC12CC(CC(NC(=O)[C@@H]3Cc4ccccc4CN3C(=O)CCC(O)c3ccccc3)C(=O)O)C(C1)C2. The lowest BCUT2D eigenvalue weighted by molar-refractivity contribution is -0.146. The van der Waals surface area contributed by atoms with E-state index in [9.17, 15) is 29.4 Å². The van der Waals surface area contributed by atoms with Gasteiger partial charge in [-0.2, -0.15) is 0 Å². The van der Waals surface area contributed by atoms with Crippen molar-refractivity contribution in [1.82, 2.24) is 15.5 Å². The predicted octanol–water partition coefficient (Wildman–Crippen LogP) is 4.11. The van der Waals surface area contributed by atoms with E-state index in [4.69, 9.17) is 4.74 Å². The van der Waals surface area contributed by atoms with E-state index in [1.807, 2.05) is 42.5 Å². The Balaban J connectivity index is 1.23. The lowest BCUT2D eigenvalue weighted by Crippen LogP contribution is -2.55. The second-order valence-corrected chi connectivity index (χ2v) is 13.7. The van der Waals surface area contributed by atoms with Gasteiger partial charge in [0, 0.05) is 24.9 Å². The fraction of sp³-hybridized carbons (Fsp3) is 0.529. The number of carbonyl (C=O) groups is 4. The molecule has 2 aromatic carbocycles. The normalized spacial score (nSPS) is 25.2. The van der Waals surface area contributed by atoms with Gasteiger partial charge in [0.15, 0.2) is 0 Å². The van der Waals surface area contributed by atoms with E-state index in [-0.39, 0.29) is 50.0 Å². The van der Waals surface area contributed by atoms with Crippen molar-refractivity contribution in [3.63, 3.8) is 0 Å². The largest absolute Gasteiger partial charge is 0.480 e. The summed E-state index contributed by atoms with van der Waals surface area (Å²) in [6, 6.07) is 14.7. The first-order valence-corrected chi connectivity index (χ1v) is 15.5. The zero-order chi connectivity index (χ0) is 31.6. The smallest absolute Gasteiger partial charge is 0.408 e. The van der Waals surface area contributed by atoms with Gasteiger partial charge in [-0.1, -0.05) is 54.6 Å². The van der Waals surface area contributed by atoms with Crippen molar-refractivity contribution in [1.29, 1.82) is 0 Å². The van der Waals surface area contributed by atoms with Gasteiger partial charge in [-0.05, 0) is 81.4 Å². The van der Waals surface area contributed by atoms with Crippen LogP contribution in [-0.2, 0) is 32.1 Å². The van der Waals surface area contributed by atoms with Crippen LogP contribution >= 0.6 is 0 Å². The molecule has 44 heavy (non-hydrogen) atoms. The monoisotopic (exact) mass is 605 g/mol. The number of amides is 3. The topological polar surface area (TPSA) is 145 Å². The number of hydrogen-bond acceptors (Lipinski definition) is 6. The third kappa shape index (κ3) is 7.23. The van der Waals surface area contributed by atoms with Gasteiger partial charge < -0.3 is 30.5 Å². The van der Waals surface area contributed by atoms with Crippen LogP contribution < -0.4 is 10.6 Å². The second kappa shape index (κ2) is 12.6. The molecule has 3 amide bonds. The molecule has 2 bridgehead atoms. The molecular weight excluding hydrogens is 562 g/mol. The number of nitrogens with one attached hydrogen (secondary N) is 2. The van der Waals surface area contributed by atoms with Gasteiger partial charge in [0.1, 0.15) is 17.7 Å². The molecule has 3 saturated carbocycles. The molecule has 3 unspecified atom stereocenters. The van der Waals surface area contributed by atoms with Crippen LogP contribution in [0, 0.1) is 11.8 Å². The van der Waals surface area contributed by atoms with Crippen LogP contribution in [-0.4, -0.2) is 62.2 Å². The van der Waals surface area contributed by atoms with Gasteiger partial charge in [-0.3, -0.25) is 9.59 Å². The molecule has 3 fully saturated rings. The highest BCUT2D eigenvalue weighted by atomic mass is 16.6. The molecule has 2 aromatic rings. The quantitative estimate of drug-likeness (QED) is 0.319. The molecule has 1 aliphatic heterocycles. The summed E-state index contributed by atoms with van der Waals surface area (Å²) in [7, 11) is 0. The van der Waals surface area contributed by atoms with Crippen molar-refractivity contribution >= 4 is 23.9 Å². The van der Waals surface area contributed by atoms with E-state index < -0.39 is 47.3 Å². The molecule has 10 heteroatoms. The Kier molecular flexibility index (Phi) is 9.02. The number of aliphatic hydroxyl groups excluding tert-OH is 1. The Morgan fingerprint density at radius 1 is 1.00 bits per heavy atom. The van der Waals surface area contributed by atoms with Crippen molar-refractivity contribution in [3.05, 3.63) is 71.3 Å². The average Bonchev–Trinajstić information content (AvgIpc) is 3.47. The maximum Gasteiger partial charge on any atom is 0.408 e. The maximum atomic E-state index is 13.7. The molecule has 4 N–H and O–H groups in total. The number of fused-ring (bicyclic) bond motifs is 2. The molecule has 10 nitrogen and oxygen atoms in total. The number of carboxylic acids is 1. The van der Waals surface area contributed by atoms with Gasteiger partial charge in [0.2, 0.25) is 11.8 Å². The molecule has 0 radical (unpaired) electrons. The van der Waals surface area contributed by atoms with Crippen molar-refractivity contribution < 1.29 is 34.1 Å². The van der Waals surface area contributed by atoms with Crippen molar-refractivity contribution in [2.45, 2.75) is 102 Å². The standard InChI is InChI=1S/C34H43N3O7/c1-33(2,3)44-32(43)36-34-17-24(25(18-34)19-34)15-26(31(41)42)35-30(40)27-16-22-11-7-8-12-23(22)20-37(27)29(39)14-13-28(38)21-9-5-4-6-10-21/h4-12,24-28,38H,13-20H2,1-3H3,(H,35,40)(H,36,43)(H,41,42)/t24?,25?,26?,27-,28?,34?/m0/s1. The van der Waals surface area contributed by atoms with Crippen LogP contribution in [0.4, 0.5) is 4.79 Å². The summed E-state index contributed by atoms with van der Waals surface area (Å²) in [5, 5.41) is 26.5. The Bertz CT molecular complexity index is 1380. The van der Waals surface area contributed by atoms with Crippen LogP contribution in [0.1, 0.15) is 82.1 Å². The minimum absolute atomic E-state index is 0.0237. The van der Waals surface area contributed by atoms with Crippen molar-refractivity contribution in [2.75, 3.05) is 0 Å². The zero-order valence-electron chi connectivity index (χ0n) is 25.6. The van der Waals surface area contributed by atoms with Gasteiger partial charge in [-0.15, -0.1) is 0 Å². The minimum Gasteiger partial charge on any atom is -0.480 e. The number of hydrogen-bond donors (Lipinski definition) is 4. The maximum absolute atomic E-state index is 13.7. The summed E-state index contributed by atoms with van der Waals surface area (Å²) in [6.45, 7) is 5.65. The summed E-state index contributed by atoms with van der Waals surface area (Å²) in [5.74, 6) is -1.62. The van der Waals surface area contributed by atoms with Crippen LogP contribution in [0.2, 0.25) is 0 Å². The number of rotatable bonds is 10. The fourth-order valence-electron chi connectivity index (χ4n) is 7.12. The molecule has 4 aliphatic rings. The fourth-order valence-corrected chi connectivity index (χ4v) is 7.12. The van der Waals surface area contributed by atoms with Gasteiger partial charge in [0.05, 0.1) is 6.10 Å². The van der Waals surface area contributed by atoms with E-state index in [1.165, 1.54) is 4.90 Å². The molecule has 0 spiro atoms. The lowest BCUT2D eigenvalue weighted by atomic mass is 9.75. The summed E-state index contributed by atoms with van der Waals surface area (Å²) < 4.78 is 5.42. The first-order valence-electron chi connectivity index (χ1n) is 15.5. The lowest BCUT2D eigenvalue weighted by Gasteiger charge is -2.39. The van der Waals surface area contributed by atoms with Gasteiger partial charge in [0.25, 0.3) is 0 Å². The first kappa shape index (κ1) is 31.5. The van der Waals surface area contributed by atoms with Crippen LogP contribution in [0.5, 0.6) is 0 Å². The summed E-state index contributed by atoms with van der Waals surface area (Å²) in [6.07, 6.45) is 1.62. The molecule has 4 atom stereocenters. The molecular formula is C34H43N3O7. The number of ether oxygens (including phenoxy) is 1. The van der Waals surface area contributed by atoms with E-state index >= 15 is 0 Å². The molecule has 0 aromatic heterocycles. The number of carboxylic acid groups (broad SMARTS) is 1. The van der Waals surface area contributed by atoms with E-state index in [2.05, 4.69) is 10.6 Å². The summed E-state index contributed by atoms with van der Waals surface area (Å²) in [5.41, 5.74) is 1.59. The predicted molar refractivity (Wildman–Crippen MR) is 162 cm³/mol. The van der Waals surface area contributed by atoms with Gasteiger partial charge >= 0.3 is 12.1 Å². The molecule has 6 rings (SSSR count). The van der Waals surface area contributed by atoms with Gasteiger partial charge in [-0.25, -0.2) is 9.59 Å². The van der Waals surface area contributed by atoms with E-state index in [1.54, 1.807) is 32.9 Å². The second-order valence-electron chi connectivity index (χ2n) is 13.7. The van der Waals surface area contributed by atoms with Crippen molar-refractivity contribution in [2.24, 2.45) is 11.8 Å². The molecule has 1 heterocycles. The number of benzene rings is 2. The van der Waals surface area contributed by atoms with E-state index in [0.717, 1.165) is 29.5 Å². The highest BCUT2D eigenvalue weighted by Gasteiger charge is 2.57. The number of aliphatic carboxylic acids is 1. The molecule has 0 saturated heterocycles. The van der Waals surface area contributed by atoms with E-state index in [0.29, 0.717) is 6.42 Å². The average molecular weight is 606 g/mol. The van der Waals surface area contributed by atoms with Crippen molar-refractivity contribution in [3.8, 4) is 0 Å². The number of alkyl carbamates (subject to hydrolysis) is 1. The highest BCUT2D eigenvalue weighted by molar-refractivity contribution is 5.91. The zero-order valence-corrected chi connectivity index (χ0v) is 25.6. The Labute approximate surface area is 258 Å². The number of carbonyl (C=O) groups excluding carboxylic acids is 3. The Morgan fingerprint density at radius 2 is 1.66 bits per heavy atom. The molecule has 236 valence electrons. The molecule has 3 aliphatic carbocycles. The minimum atomic E-state index is -1.13. The van der Waals surface area contributed by atoms with Crippen LogP contribution in [0.15, 0.2) is 54.6 Å². The third-order valence-electron chi connectivity index (χ3n) is 9.23. The third-order valence-corrected chi connectivity index (χ3v) is 9.23. The summed E-state index contributed by atoms with van der Waals surface area (Å²) in [4.78, 5) is 53.5. The first-order chi connectivity index (χ1) is 20.8. The number of aliphatic hydroxyl groups is 1. The summed E-state index contributed by atoms with van der Waals surface area (Å²) >= 11 is 0. The highest BCUT2D eigenvalue weighted by Crippen LogP contribution is 2.57. The van der Waals surface area contributed by atoms with Crippen LogP contribution in [0.3, 0.4) is 0 Å². The Morgan fingerprint density at radius 3 is 2.32 bits per heavy atom. The Hall–Kier alpha value is -3.92. The van der Waals surface area contributed by atoms with Crippen LogP contribution in [0.25, 0.3) is 0 Å².